The molecule has 0 amide bonds. The highest BCUT2D eigenvalue weighted by Gasteiger charge is 2.49. The fourth-order valence-corrected chi connectivity index (χ4v) is 1.55. The largest absolute Gasteiger partial charge is 0.0897 e. The number of hydrogen-bond donors (Lipinski definition) is 0. The van der Waals surface area contributed by atoms with Crippen LogP contribution in [0.4, 0.5) is 0 Å². The van der Waals surface area contributed by atoms with Crippen molar-refractivity contribution in [3.8, 4) is 0 Å². The Bertz CT molecular complexity index is 202. The maximum Gasteiger partial charge on any atom is 0.0476 e. The van der Waals surface area contributed by atoms with E-state index < -0.39 is 0 Å². The van der Waals surface area contributed by atoms with Crippen LogP contribution >= 0.6 is 0 Å². The van der Waals surface area contributed by atoms with Gasteiger partial charge in [0.15, 0.2) is 0 Å². The Hall–Kier alpha value is -0.950. The minimum absolute atomic E-state index is 0.306. The molecule has 2 aliphatic carbocycles. The summed E-state index contributed by atoms with van der Waals surface area (Å²) < 4.78 is 0. The van der Waals surface area contributed by atoms with Gasteiger partial charge in [0, 0.05) is 11.0 Å². The number of hydrogen-bond acceptors (Lipinski definition) is 1. The molecule has 1 saturated carbocycles. The van der Waals surface area contributed by atoms with Crippen LogP contribution in [0.15, 0.2) is 17.3 Å². The SMILES string of the molecule is [N-]=[N+]=NC1C2C=CCC21. The van der Waals surface area contributed by atoms with Crippen molar-refractivity contribution in [2.75, 3.05) is 0 Å². The second-order valence-corrected chi connectivity index (χ2v) is 2.60. The van der Waals surface area contributed by atoms with Crippen LogP contribution in [0.3, 0.4) is 0 Å². The van der Waals surface area contributed by atoms with Crippen LogP contribution in [-0.4, -0.2) is 6.04 Å². The lowest BCUT2D eigenvalue weighted by molar-refractivity contribution is 0.812. The van der Waals surface area contributed by atoms with Crippen LogP contribution < -0.4 is 0 Å². The molecule has 0 aromatic carbocycles. The first-order chi connectivity index (χ1) is 4.43. The Balaban J connectivity index is 2.09. The van der Waals surface area contributed by atoms with E-state index in [4.69, 9.17) is 5.53 Å². The van der Waals surface area contributed by atoms with Gasteiger partial charge in [-0.3, -0.25) is 0 Å². The van der Waals surface area contributed by atoms with Crippen LogP contribution in [0, 0.1) is 11.8 Å². The number of nitrogens with zero attached hydrogens (tertiary/aromatic N) is 3. The highest BCUT2D eigenvalue weighted by atomic mass is 15.2. The van der Waals surface area contributed by atoms with Crippen molar-refractivity contribution < 1.29 is 0 Å². The average molecular weight is 121 g/mol. The van der Waals surface area contributed by atoms with E-state index in [0.717, 1.165) is 6.42 Å². The van der Waals surface area contributed by atoms with Crippen molar-refractivity contribution in [3.63, 3.8) is 0 Å². The van der Waals surface area contributed by atoms with Crippen LogP contribution in [0.5, 0.6) is 0 Å². The van der Waals surface area contributed by atoms with Crippen molar-refractivity contribution in [1.82, 2.24) is 0 Å². The molecule has 0 N–H and O–H groups in total. The summed E-state index contributed by atoms with van der Waals surface area (Å²) in [6.45, 7) is 0. The molecule has 0 bridgehead atoms. The predicted octanol–water partition coefficient (Wildman–Crippen LogP) is 1.87. The van der Waals surface area contributed by atoms with Crippen molar-refractivity contribution in [1.29, 1.82) is 0 Å². The number of allylic oxidation sites excluding steroid dienone is 1. The lowest BCUT2D eigenvalue weighted by Gasteiger charge is -1.83. The topological polar surface area (TPSA) is 48.8 Å². The molecule has 3 atom stereocenters. The van der Waals surface area contributed by atoms with Gasteiger partial charge in [0.1, 0.15) is 0 Å². The fourth-order valence-electron chi connectivity index (χ4n) is 1.55. The minimum atomic E-state index is 0.306. The molecule has 0 spiro atoms. The first kappa shape index (κ1) is 4.89. The van der Waals surface area contributed by atoms with E-state index in [9.17, 15) is 0 Å². The van der Waals surface area contributed by atoms with Gasteiger partial charge in [0.25, 0.3) is 0 Å². The molecule has 0 saturated heterocycles. The zero-order chi connectivity index (χ0) is 6.27. The van der Waals surface area contributed by atoms with Gasteiger partial charge in [-0.15, -0.1) is 0 Å². The molecule has 0 aromatic rings. The van der Waals surface area contributed by atoms with Gasteiger partial charge in [-0.2, -0.15) is 0 Å². The molecule has 0 aromatic heterocycles. The highest BCUT2D eigenvalue weighted by molar-refractivity contribution is 5.20. The molecule has 3 heteroatoms. The molecule has 0 aliphatic heterocycles. The highest BCUT2D eigenvalue weighted by Crippen LogP contribution is 2.49. The van der Waals surface area contributed by atoms with E-state index in [1.54, 1.807) is 0 Å². The molecule has 0 heterocycles. The summed E-state index contributed by atoms with van der Waals surface area (Å²) in [4.78, 5) is 2.77. The van der Waals surface area contributed by atoms with Gasteiger partial charge < -0.3 is 0 Å². The van der Waals surface area contributed by atoms with Gasteiger partial charge in [-0.05, 0) is 23.8 Å². The van der Waals surface area contributed by atoms with Crippen LogP contribution in [0.25, 0.3) is 10.4 Å². The summed E-state index contributed by atoms with van der Waals surface area (Å²) in [6, 6.07) is 0.306. The van der Waals surface area contributed by atoms with E-state index in [-0.39, 0.29) is 0 Å². The summed E-state index contributed by atoms with van der Waals surface area (Å²) >= 11 is 0. The summed E-state index contributed by atoms with van der Waals surface area (Å²) in [5.74, 6) is 1.27. The van der Waals surface area contributed by atoms with Crippen LogP contribution in [0.1, 0.15) is 6.42 Å². The van der Waals surface area contributed by atoms with Crippen molar-refractivity contribution in [3.05, 3.63) is 22.6 Å². The van der Waals surface area contributed by atoms with E-state index in [1.807, 2.05) is 0 Å². The Morgan fingerprint density at radius 1 is 1.67 bits per heavy atom. The van der Waals surface area contributed by atoms with Gasteiger partial charge >= 0.3 is 0 Å². The monoisotopic (exact) mass is 121 g/mol. The predicted molar refractivity (Wildman–Crippen MR) is 33.7 cm³/mol. The Kier molecular flexibility index (Phi) is 0.822. The van der Waals surface area contributed by atoms with Gasteiger partial charge in [-0.25, -0.2) is 0 Å². The Morgan fingerprint density at radius 2 is 2.56 bits per heavy atom. The third-order valence-corrected chi connectivity index (χ3v) is 2.14. The molecule has 46 valence electrons. The van der Waals surface area contributed by atoms with Gasteiger partial charge in [0.05, 0.1) is 0 Å². The standard InChI is InChI=1S/C6H7N3/c7-9-8-6-4-2-1-3-5(4)6/h1-2,4-6H,3H2. The molecule has 0 radical (unpaired) electrons. The van der Waals surface area contributed by atoms with E-state index >= 15 is 0 Å². The molecule has 3 unspecified atom stereocenters. The first-order valence-corrected chi connectivity index (χ1v) is 3.14. The van der Waals surface area contributed by atoms with Gasteiger partial charge in [0.2, 0.25) is 0 Å². The third-order valence-electron chi connectivity index (χ3n) is 2.14. The maximum absolute atomic E-state index is 8.07. The maximum atomic E-state index is 8.07. The molecule has 2 rings (SSSR count). The second kappa shape index (κ2) is 1.52. The number of fused-ring (bicyclic) bond motifs is 1. The van der Waals surface area contributed by atoms with E-state index in [0.29, 0.717) is 17.9 Å². The Labute approximate surface area is 53.0 Å². The number of azide groups is 1. The summed E-state index contributed by atoms with van der Waals surface area (Å²) in [6.07, 6.45) is 5.44. The molecule has 2 aliphatic rings. The van der Waals surface area contributed by atoms with E-state index in [2.05, 4.69) is 22.2 Å². The lowest BCUT2D eigenvalue weighted by Crippen LogP contribution is -1.80. The van der Waals surface area contributed by atoms with Crippen molar-refractivity contribution >= 4 is 0 Å². The second-order valence-electron chi connectivity index (χ2n) is 2.60. The van der Waals surface area contributed by atoms with Crippen LogP contribution in [0.2, 0.25) is 0 Å². The molecule has 9 heavy (non-hydrogen) atoms. The lowest BCUT2D eigenvalue weighted by atomic mass is 10.3. The Morgan fingerprint density at radius 3 is 3.11 bits per heavy atom. The number of rotatable bonds is 1. The minimum Gasteiger partial charge on any atom is -0.0897 e. The normalized spacial score (nSPS) is 43.8. The molecule has 1 fully saturated rings. The smallest absolute Gasteiger partial charge is 0.0476 e. The van der Waals surface area contributed by atoms with Crippen molar-refractivity contribution in [2.45, 2.75) is 12.5 Å². The summed E-state index contributed by atoms with van der Waals surface area (Å²) in [5.41, 5.74) is 8.07. The third kappa shape index (κ3) is 0.552. The summed E-state index contributed by atoms with van der Waals surface area (Å²) in [7, 11) is 0. The summed E-state index contributed by atoms with van der Waals surface area (Å²) in [5, 5.41) is 3.65. The first-order valence-electron chi connectivity index (χ1n) is 3.14. The quantitative estimate of drug-likeness (QED) is 0.220. The van der Waals surface area contributed by atoms with E-state index in [1.165, 1.54) is 0 Å². The molecular weight excluding hydrogens is 114 g/mol. The van der Waals surface area contributed by atoms with Crippen LogP contribution in [-0.2, 0) is 0 Å². The van der Waals surface area contributed by atoms with Crippen molar-refractivity contribution in [2.24, 2.45) is 17.0 Å². The van der Waals surface area contributed by atoms with Gasteiger partial charge in [-0.1, -0.05) is 17.3 Å². The zero-order valence-corrected chi connectivity index (χ0v) is 4.94. The zero-order valence-electron chi connectivity index (χ0n) is 4.94. The molecule has 3 nitrogen and oxygen atoms in total. The fraction of sp³-hybridized carbons (Fsp3) is 0.667. The molecular formula is C6H7N3. The average Bonchev–Trinajstić information content (AvgIpc) is 2.39.